The van der Waals surface area contributed by atoms with E-state index in [1.165, 1.54) is 11.3 Å². The van der Waals surface area contributed by atoms with E-state index in [1.807, 2.05) is 13.8 Å². The first-order valence-corrected chi connectivity index (χ1v) is 8.36. The van der Waals surface area contributed by atoms with Crippen molar-refractivity contribution in [1.29, 1.82) is 0 Å². The van der Waals surface area contributed by atoms with Crippen LogP contribution in [0.15, 0.2) is 22.7 Å². The lowest BCUT2D eigenvalue weighted by Crippen LogP contribution is -2.13. The second kappa shape index (κ2) is 5.82. The van der Waals surface area contributed by atoms with Crippen LogP contribution in [0.3, 0.4) is 0 Å². The summed E-state index contributed by atoms with van der Waals surface area (Å²) in [4.78, 5) is 14.6. The van der Waals surface area contributed by atoms with Crippen LogP contribution in [0, 0.1) is 0 Å². The van der Waals surface area contributed by atoms with Gasteiger partial charge in [0.1, 0.15) is 11.4 Å². The van der Waals surface area contributed by atoms with Crippen LogP contribution in [0.4, 0.5) is 5.13 Å². The van der Waals surface area contributed by atoms with Gasteiger partial charge in [0, 0.05) is 11.6 Å². The van der Waals surface area contributed by atoms with E-state index in [4.69, 9.17) is 5.11 Å². The molecule has 0 atom stereocenters. The second-order valence-electron chi connectivity index (χ2n) is 4.61. The Bertz CT molecular complexity index is 748. The maximum atomic E-state index is 12.1. The molecule has 0 aliphatic rings. The third kappa shape index (κ3) is 3.79. The van der Waals surface area contributed by atoms with E-state index < -0.39 is 22.5 Å². The average Bonchev–Trinajstić information content (AvgIpc) is 2.97. The lowest BCUT2D eigenvalue weighted by molar-refractivity contribution is -0.137. The molecule has 8 nitrogen and oxygen atoms in total. The number of nitrogens with zero attached hydrogens (tertiary/aromatic N) is 3. The summed E-state index contributed by atoms with van der Waals surface area (Å²) in [6, 6.07) is 0. The van der Waals surface area contributed by atoms with Crippen molar-refractivity contribution in [3.05, 3.63) is 23.5 Å². The Morgan fingerprint density at radius 2 is 2.24 bits per heavy atom. The third-order valence-electron chi connectivity index (χ3n) is 2.55. The largest absolute Gasteiger partial charge is 0.480 e. The summed E-state index contributed by atoms with van der Waals surface area (Å²) in [5.41, 5.74) is 0.805. The number of sulfonamides is 1. The van der Waals surface area contributed by atoms with Gasteiger partial charge in [-0.05, 0) is 5.92 Å². The van der Waals surface area contributed by atoms with Gasteiger partial charge in [0.15, 0.2) is 5.13 Å². The molecule has 0 aliphatic heterocycles. The summed E-state index contributed by atoms with van der Waals surface area (Å²) >= 11 is 1.19. The second-order valence-corrected chi connectivity index (χ2v) is 7.15. The van der Waals surface area contributed by atoms with Crippen LogP contribution < -0.4 is 4.72 Å². The molecule has 0 bridgehead atoms. The molecule has 21 heavy (non-hydrogen) atoms. The van der Waals surface area contributed by atoms with Gasteiger partial charge in [0.05, 0.1) is 11.9 Å². The molecular weight excluding hydrogens is 316 g/mol. The van der Waals surface area contributed by atoms with E-state index in [9.17, 15) is 13.2 Å². The van der Waals surface area contributed by atoms with E-state index in [2.05, 4.69) is 14.8 Å². The Morgan fingerprint density at radius 1 is 1.52 bits per heavy atom. The van der Waals surface area contributed by atoms with Gasteiger partial charge >= 0.3 is 5.97 Å². The first-order chi connectivity index (χ1) is 9.78. The molecule has 2 heterocycles. The van der Waals surface area contributed by atoms with E-state index in [-0.39, 0.29) is 15.9 Å². The van der Waals surface area contributed by atoms with Crippen LogP contribution in [-0.2, 0) is 21.4 Å². The summed E-state index contributed by atoms with van der Waals surface area (Å²) in [7, 11) is -3.82. The van der Waals surface area contributed by atoms with Crippen LogP contribution in [0.1, 0.15) is 25.5 Å². The van der Waals surface area contributed by atoms with Crippen molar-refractivity contribution in [3.63, 3.8) is 0 Å². The lowest BCUT2D eigenvalue weighted by Gasteiger charge is -2.02. The quantitative estimate of drug-likeness (QED) is 0.826. The van der Waals surface area contributed by atoms with Gasteiger partial charge in [-0.1, -0.05) is 13.8 Å². The fourth-order valence-electron chi connectivity index (χ4n) is 1.48. The number of aliphatic carboxylic acids is 1. The van der Waals surface area contributed by atoms with Gasteiger partial charge in [0.2, 0.25) is 0 Å². The highest BCUT2D eigenvalue weighted by Gasteiger charge is 2.19. The number of carboxylic acid groups (broad SMARTS) is 1. The normalized spacial score (nSPS) is 11.8. The molecule has 0 radical (unpaired) electrons. The predicted molar refractivity (Wildman–Crippen MR) is 76.9 cm³/mol. The van der Waals surface area contributed by atoms with Crippen molar-refractivity contribution in [3.8, 4) is 0 Å². The molecule has 0 aromatic carbocycles. The smallest absolute Gasteiger partial charge is 0.325 e. The molecule has 0 saturated carbocycles. The molecule has 0 spiro atoms. The fourth-order valence-corrected chi connectivity index (χ4v) is 3.56. The fraction of sp³-hybridized carbons (Fsp3) is 0.364. The zero-order valence-electron chi connectivity index (χ0n) is 11.3. The molecule has 2 N–H and O–H groups in total. The van der Waals surface area contributed by atoms with Crippen molar-refractivity contribution < 1.29 is 18.3 Å². The van der Waals surface area contributed by atoms with Gasteiger partial charge in [-0.25, -0.2) is 13.4 Å². The number of carboxylic acids is 1. The summed E-state index contributed by atoms with van der Waals surface area (Å²) in [5, 5.41) is 14.4. The monoisotopic (exact) mass is 330 g/mol. The van der Waals surface area contributed by atoms with Crippen LogP contribution in [-0.4, -0.2) is 34.3 Å². The number of carbonyl (C=O) groups is 1. The molecule has 0 saturated heterocycles. The number of rotatable bonds is 6. The number of aromatic nitrogens is 3. The summed E-state index contributed by atoms with van der Waals surface area (Å²) in [6.07, 6.45) is 2.26. The molecule has 10 heteroatoms. The first-order valence-electron chi connectivity index (χ1n) is 6.00. The minimum Gasteiger partial charge on any atom is -0.480 e. The SMILES string of the molecule is CC(C)c1csc(NS(=O)(=O)c2cnn(CC(=O)O)c2)n1. The zero-order valence-corrected chi connectivity index (χ0v) is 13.0. The van der Waals surface area contributed by atoms with Gasteiger partial charge < -0.3 is 5.11 Å². The van der Waals surface area contributed by atoms with Crippen LogP contribution >= 0.6 is 11.3 Å². The lowest BCUT2D eigenvalue weighted by atomic mass is 10.2. The van der Waals surface area contributed by atoms with Gasteiger partial charge in [0.25, 0.3) is 10.0 Å². The minimum absolute atomic E-state index is 0.106. The van der Waals surface area contributed by atoms with Crippen molar-refractivity contribution in [2.45, 2.75) is 31.2 Å². The highest BCUT2D eigenvalue weighted by molar-refractivity contribution is 7.93. The first kappa shape index (κ1) is 15.4. The Balaban J connectivity index is 2.17. The van der Waals surface area contributed by atoms with Gasteiger partial charge in [-0.2, -0.15) is 5.10 Å². The Kier molecular flexibility index (Phi) is 4.28. The standard InChI is InChI=1S/C11H14N4O4S2/c1-7(2)9-6-20-11(13-9)14-21(18,19)8-3-12-15(4-8)5-10(16)17/h3-4,6-7H,5H2,1-2H3,(H,13,14)(H,16,17). The number of hydrogen-bond acceptors (Lipinski definition) is 6. The van der Waals surface area contributed by atoms with Crippen molar-refractivity contribution in [2.24, 2.45) is 0 Å². The van der Waals surface area contributed by atoms with Crippen molar-refractivity contribution in [1.82, 2.24) is 14.8 Å². The molecule has 0 unspecified atom stereocenters. The maximum absolute atomic E-state index is 12.1. The average molecular weight is 330 g/mol. The zero-order chi connectivity index (χ0) is 15.6. The third-order valence-corrected chi connectivity index (χ3v) is 4.75. The van der Waals surface area contributed by atoms with Crippen molar-refractivity contribution >= 4 is 32.5 Å². The molecule has 2 aromatic rings. The molecule has 114 valence electrons. The number of thiazole rings is 1. The molecule has 2 rings (SSSR count). The van der Waals surface area contributed by atoms with Crippen LogP contribution in [0.5, 0.6) is 0 Å². The van der Waals surface area contributed by atoms with Gasteiger partial charge in [-0.3, -0.25) is 14.2 Å². The summed E-state index contributed by atoms with van der Waals surface area (Å²) in [5.74, 6) is -0.894. The van der Waals surface area contributed by atoms with E-state index in [0.717, 1.165) is 22.8 Å². The number of nitrogens with one attached hydrogen (secondary N) is 1. The minimum atomic E-state index is -3.82. The van der Waals surface area contributed by atoms with Gasteiger partial charge in [-0.15, -0.1) is 11.3 Å². The Hall–Kier alpha value is -1.94. The number of hydrogen-bond donors (Lipinski definition) is 2. The van der Waals surface area contributed by atoms with Crippen molar-refractivity contribution in [2.75, 3.05) is 4.72 Å². The molecule has 2 aromatic heterocycles. The molecular formula is C11H14N4O4S2. The van der Waals surface area contributed by atoms with E-state index in [0.29, 0.717) is 0 Å². The van der Waals surface area contributed by atoms with E-state index >= 15 is 0 Å². The number of anilines is 1. The molecule has 0 fully saturated rings. The highest BCUT2D eigenvalue weighted by atomic mass is 32.2. The van der Waals surface area contributed by atoms with Crippen LogP contribution in [0.2, 0.25) is 0 Å². The predicted octanol–water partition coefficient (Wildman–Crippen LogP) is 1.35. The molecule has 0 amide bonds. The van der Waals surface area contributed by atoms with Crippen LogP contribution in [0.25, 0.3) is 0 Å². The Morgan fingerprint density at radius 3 is 2.81 bits per heavy atom. The highest BCUT2D eigenvalue weighted by Crippen LogP contribution is 2.23. The topological polar surface area (TPSA) is 114 Å². The maximum Gasteiger partial charge on any atom is 0.325 e. The summed E-state index contributed by atoms with van der Waals surface area (Å²) < 4.78 is 27.7. The Labute approximate surface area is 125 Å². The van der Waals surface area contributed by atoms with E-state index in [1.54, 1.807) is 5.38 Å². The molecule has 0 aliphatic carbocycles. The summed E-state index contributed by atoms with van der Waals surface area (Å²) in [6.45, 7) is 3.52.